The monoisotopic (exact) mass is 363 g/mol. The molecule has 0 aliphatic heterocycles. The van der Waals surface area contributed by atoms with Crippen LogP contribution in [-0.2, 0) is 6.42 Å². The molecule has 0 saturated heterocycles. The summed E-state index contributed by atoms with van der Waals surface area (Å²) in [6.45, 7) is 2.30. The van der Waals surface area contributed by atoms with Crippen molar-refractivity contribution < 1.29 is 8.78 Å². The van der Waals surface area contributed by atoms with E-state index < -0.39 is 11.9 Å². The van der Waals surface area contributed by atoms with Gasteiger partial charge in [-0.05, 0) is 74.3 Å². The smallest absolute Gasteiger partial charge is 0.190 e. The third kappa shape index (κ3) is 5.50. The predicted octanol–water partition coefficient (Wildman–Crippen LogP) is 7.10. The zero-order chi connectivity index (χ0) is 18.4. The first-order valence-corrected chi connectivity index (χ1v) is 11.0. The van der Waals surface area contributed by atoms with E-state index in [1.807, 2.05) is 0 Å². The number of hydrogen-bond acceptors (Lipinski definition) is 1. The number of unbranched alkanes of at least 4 members (excludes halogenated alkanes) is 1. The number of hydrogen-bond donors (Lipinski definition) is 0. The van der Waals surface area contributed by atoms with Gasteiger partial charge in [0, 0.05) is 5.56 Å². The van der Waals surface area contributed by atoms with Gasteiger partial charge in [0.25, 0.3) is 0 Å². The highest BCUT2D eigenvalue weighted by Crippen LogP contribution is 2.43. The van der Waals surface area contributed by atoms with Crippen LogP contribution in [0, 0.1) is 35.6 Å². The zero-order valence-corrected chi connectivity index (χ0v) is 16.4. The predicted molar refractivity (Wildman–Crippen MR) is 103 cm³/mol. The maximum Gasteiger partial charge on any atom is 0.218 e. The van der Waals surface area contributed by atoms with Crippen molar-refractivity contribution in [2.75, 3.05) is 0 Å². The molecule has 2 fully saturated rings. The maximum absolute atomic E-state index is 13.7. The van der Waals surface area contributed by atoms with E-state index >= 15 is 0 Å². The summed E-state index contributed by atoms with van der Waals surface area (Å²) < 4.78 is 26.6. The summed E-state index contributed by atoms with van der Waals surface area (Å²) in [6.07, 6.45) is 17.0. The molecule has 2 saturated carbocycles. The number of nitrogens with zero attached hydrogens (tertiary/aromatic N) is 1. The third-order valence-electron chi connectivity index (χ3n) is 7.13. The lowest BCUT2D eigenvalue weighted by atomic mass is 9.68. The van der Waals surface area contributed by atoms with Crippen molar-refractivity contribution in [1.29, 1.82) is 0 Å². The zero-order valence-electron chi connectivity index (χ0n) is 16.4. The SMILES string of the molecule is CCCC[C@H]1CC[C@H](C2CCC(CCc3ccc(F)nc3F)CC2)CC1. The van der Waals surface area contributed by atoms with E-state index in [0.717, 1.165) is 24.2 Å². The van der Waals surface area contributed by atoms with Crippen LogP contribution in [0.3, 0.4) is 0 Å². The highest BCUT2D eigenvalue weighted by Gasteiger charge is 2.30. The molecule has 0 atom stereocenters. The quantitative estimate of drug-likeness (QED) is 0.471. The Balaban J connectivity index is 1.37. The molecule has 1 heterocycles. The number of halogens is 2. The Labute approximate surface area is 158 Å². The molecule has 26 heavy (non-hydrogen) atoms. The Morgan fingerprint density at radius 2 is 1.42 bits per heavy atom. The molecule has 1 aromatic heterocycles. The molecule has 0 unspecified atom stereocenters. The van der Waals surface area contributed by atoms with Gasteiger partial charge < -0.3 is 0 Å². The second kappa shape index (κ2) is 9.80. The topological polar surface area (TPSA) is 12.9 Å². The normalized spacial score (nSPS) is 29.7. The molecule has 1 aromatic rings. The molecular weight excluding hydrogens is 328 g/mol. The van der Waals surface area contributed by atoms with Gasteiger partial charge in [0.1, 0.15) is 0 Å². The first-order valence-electron chi connectivity index (χ1n) is 11.0. The lowest BCUT2D eigenvalue weighted by Gasteiger charge is -2.38. The van der Waals surface area contributed by atoms with Gasteiger partial charge in [-0.15, -0.1) is 0 Å². The first kappa shape index (κ1) is 19.8. The second-order valence-electron chi connectivity index (χ2n) is 8.83. The Morgan fingerprint density at radius 3 is 1.96 bits per heavy atom. The highest BCUT2D eigenvalue weighted by atomic mass is 19.1. The Morgan fingerprint density at radius 1 is 0.846 bits per heavy atom. The molecule has 0 radical (unpaired) electrons. The molecule has 0 N–H and O–H groups in total. The van der Waals surface area contributed by atoms with E-state index in [4.69, 9.17) is 0 Å². The molecule has 2 aliphatic rings. The Hall–Kier alpha value is -0.990. The number of pyridine rings is 1. The molecule has 2 aliphatic carbocycles. The van der Waals surface area contributed by atoms with Crippen molar-refractivity contribution in [1.82, 2.24) is 4.98 Å². The molecule has 0 aromatic carbocycles. The van der Waals surface area contributed by atoms with Gasteiger partial charge in [-0.25, -0.2) is 0 Å². The van der Waals surface area contributed by atoms with E-state index in [-0.39, 0.29) is 0 Å². The number of rotatable bonds is 7. The summed E-state index contributed by atoms with van der Waals surface area (Å²) in [5.41, 5.74) is 0.568. The molecule has 0 amide bonds. The van der Waals surface area contributed by atoms with Crippen molar-refractivity contribution in [2.45, 2.75) is 90.4 Å². The van der Waals surface area contributed by atoms with Crippen LogP contribution in [0.2, 0.25) is 0 Å². The van der Waals surface area contributed by atoms with E-state index in [9.17, 15) is 8.78 Å². The molecule has 0 spiro atoms. The molecule has 0 bridgehead atoms. The summed E-state index contributed by atoms with van der Waals surface area (Å²) in [4.78, 5) is 3.30. The third-order valence-corrected chi connectivity index (χ3v) is 7.13. The summed E-state index contributed by atoms with van der Waals surface area (Å²) in [6, 6.07) is 2.83. The summed E-state index contributed by atoms with van der Waals surface area (Å²) in [5.74, 6) is 2.25. The Bertz CT molecular complexity index is 543. The Kier molecular flexibility index (Phi) is 7.45. The highest BCUT2D eigenvalue weighted by molar-refractivity contribution is 5.11. The van der Waals surface area contributed by atoms with Gasteiger partial charge in [-0.3, -0.25) is 0 Å². The van der Waals surface area contributed by atoms with Crippen LogP contribution in [0.15, 0.2) is 12.1 Å². The number of aromatic nitrogens is 1. The van der Waals surface area contributed by atoms with Gasteiger partial charge in [0.15, 0.2) is 0 Å². The van der Waals surface area contributed by atoms with E-state index in [1.54, 1.807) is 6.07 Å². The minimum absolute atomic E-state index is 0.568. The summed E-state index contributed by atoms with van der Waals surface area (Å²) >= 11 is 0. The molecule has 1 nitrogen and oxygen atoms in total. The average Bonchev–Trinajstić information content (AvgIpc) is 2.66. The summed E-state index contributed by atoms with van der Waals surface area (Å²) in [7, 11) is 0. The van der Waals surface area contributed by atoms with Crippen LogP contribution in [0.4, 0.5) is 8.78 Å². The fourth-order valence-electron chi connectivity index (χ4n) is 5.38. The molecular formula is C23H35F2N. The van der Waals surface area contributed by atoms with Crippen LogP contribution < -0.4 is 0 Å². The van der Waals surface area contributed by atoms with Gasteiger partial charge in [-0.2, -0.15) is 13.8 Å². The van der Waals surface area contributed by atoms with Crippen LogP contribution in [0.25, 0.3) is 0 Å². The lowest BCUT2D eigenvalue weighted by Crippen LogP contribution is -2.26. The average molecular weight is 364 g/mol. The van der Waals surface area contributed by atoms with Gasteiger partial charge in [-0.1, -0.05) is 51.9 Å². The lowest BCUT2D eigenvalue weighted by molar-refractivity contribution is 0.140. The fourth-order valence-corrected chi connectivity index (χ4v) is 5.38. The van der Waals surface area contributed by atoms with E-state index in [1.165, 1.54) is 76.7 Å². The molecule has 3 rings (SSSR count). The van der Waals surface area contributed by atoms with Gasteiger partial charge in [0.2, 0.25) is 11.9 Å². The maximum atomic E-state index is 13.7. The van der Waals surface area contributed by atoms with Crippen LogP contribution in [0.1, 0.15) is 89.5 Å². The summed E-state index contributed by atoms with van der Waals surface area (Å²) in [5, 5.41) is 0. The van der Waals surface area contributed by atoms with Crippen LogP contribution in [-0.4, -0.2) is 4.98 Å². The van der Waals surface area contributed by atoms with Crippen molar-refractivity contribution in [2.24, 2.45) is 23.7 Å². The number of aryl methyl sites for hydroxylation is 1. The first-order chi connectivity index (χ1) is 12.7. The van der Waals surface area contributed by atoms with Gasteiger partial charge >= 0.3 is 0 Å². The van der Waals surface area contributed by atoms with Crippen molar-refractivity contribution >= 4 is 0 Å². The standard InChI is InChI=1S/C23H35F2N/c1-2-3-4-17-5-10-19(11-6-17)20-12-7-18(8-13-20)9-14-21-15-16-22(24)26-23(21)25/h15-20H,2-14H2,1H3/t17-,18?,19-,20?. The van der Waals surface area contributed by atoms with E-state index in [2.05, 4.69) is 11.9 Å². The van der Waals surface area contributed by atoms with Crippen LogP contribution in [0.5, 0.6) is 0 Å². The van der Waals surface area contributed by atoms with Crippen molar-refractivity contribution in [3.8, 4) is 0 Å². The second-order valence-corrected chi connectivity index (χ2v) is 8.83. The van der Waals surface area contributed by atoms with Crippen molar-refractivity contribution in [3.05, 3.63) is 29.6 Å². The van der Waals surface area contributed by atoms with Gasteiger partial charge in [0.05, 0.1) is 0 Å². The minimum Gasteiger partial charge on any atom is -0.190 e. The minimum atomic E-state index is -0.726. The van der Waals surface area contributed by atoms with E-state index in [0.29, 0.717) is 17.9 Å². The van der Waals surface area contributed by atoms with Crippen molar-refractivity contribution in [3.63, 3.8) is 0 Å². The largest absolute Gasteiger partial charge is 0.218 e. The molecule has 146 valence electrons. The molecule has 3 heteroatoms. The fraction of sp³-hybridized carbons (Fsp3) is 0.783. The van der Waals surface area contributed by atoms with Crippen LogP contribution >= 0.6 is 0 Å².